The van der Waals surface area contributed by atoms with E-state index in [-0.39, 0.29) is 49.4 Å². The van der Waals surface area contributed by atoms with Crippen molar-refractivity contribution >= 4 is 12.8 Å². The Balaban J connectivity index is 0.00000180. The minimum absolute atomic E-state index is 0. The molecule has 1 heterocycles. The first-order valence-corrected chi connectivity index (χ1v) is 11.2. The molecular weight excluding hydrogens is 341 g/mol. The molecule has 110 valence electrons. The molecule has 0 aromatic carbocycles. The van der Waals surface area contributed by atoms with Gasteiger partial charge in [0.15, 0.2) is 0 Å². The summed E-state index contributed by atoms with van der Waals surface area (Å²) in [6.07, 6.45) is 8.09. The Labute approximate surface area is 146 Å². The van der Waals surface area contributed by atoms with Gasteiger partial charge in [0.1, 0.15) is 0 Å². The largest absolute Gasteiger partial charge is 1.00 e. The predicted octanol–water partition coefficient (Wildman–Crippen LogP) is -2.73. The smallest absolute Gasteiger partial charge is 1.00 e. The zero-order valence-electron chi connectivity index (χ0n) is 12.8. The van der Waals surface area contributed by atoms with E-state index < -0.39 is 8.80 Å². The average Bonchev–Trinajstić information content (AvgIpc) is 2.85. The van der Waals surface area contributed by atoms with Gasteiger partial charge in [-0.3, -0.25) is 0 Å². The molecule has 0 fully saturated rings. The van der Waals surface area contributed by atoms with Gasteiger partial charge in [-0.25, -0.2) is 0 Å². The standard InChI is InChI=1S/C8H12N.C7H11Si.2ClH.Ti/c1-8(2,3)7-4-5-9-6-7;1-8(2)7-5-3-4-6-7;;;/h4-5,9H,1-3H3;3,5,8H,4H2,1-2H3;2*1H;/q;;;;+2/p-2. The van der Waals surface area contributed by atoms with E-state index in [4.69, 9.17) is 0 Å². The summed E-state index contributed by atoms with van der Waals surface area (Å²) < 4.78 is 3.30. The fraction of sp³-hybridized carbons (Fsp3) is 0.467. The van der Waals surface area contributed by atoms with Crippen LogP contribution < -0.4 is 28.8 Å². The molecule has 1 aliphatic carbocycles. The fourth-order valence-corrected chi connectivity index (χ4v) is 7.76. The Morgan fingerprint density at radius 1 is 1.20 bits per heavy atom. The van der Waals surface area contributed by atoms with Gasteiger partial charge in [0, 0.05) is 0 Å². The molecule has 0 radical (unpaired) electrons. The number of aromatic amines is 1. The first-order chi connectivity index (χ1) is 8.39. The van der Waals surface area contributed by atoms with Crippen LogP contribution in [0.5, 0.6) is 0 Å². The van der Waals surface area contributed by atoms with Crippen molar-refractivity contribution in [3.05, 3.63) is 39.1 Å². The zero-order chi connectivity index (χ0) is 13.3. The van der Waals surface area contributed by atoms with E-state index in [1.54, 1.807) is 9.07 Å². The Kier molecular flexibility index (Phi) is 8.16. The van der Waals surface area contributed by atoms with E-state index in [0.717, 1.165) is 0 Å². The van der Waals surface area contributed by atoms with Gasteiger partial charge < -0.3 is 24.8 Å². The van der Waals surface area contributed by atoms with Crippen molar-refractivity contribution in [3.8, 4) is 0 Å². The Hall–Kier alpha value is 0.271. The summed E-state index contributed by atoms with van der Waals surface area (Å²) in [6.45, 7) is 11.8. The van der Waals surface area contributed by atoms with Gasteiger partial charge in [-0.1, -0.05) is 0 Å². The van der Waals surface area contributed by atoms with Crippen LogP contribution in [-0.4, -0.2) is 13.8 Å². The van der Waals surface area contributed by atoms with Gasteiger partial charge in [0.05, 0.1) is 0 Å². The van der Waals surface area contributed by atoms with Crippen molar-refractivity contribution in [1.29, 1.82) is 0 Å². The maximum atomic E-state index is 3.51. The molecule has 1 aromatic rings. The number of allylic oxidation sites excluding steroid dienone is 4. The summed E-state index contributed by atoms with van der Waals surface area (Å²) in [5, 5.41) is 1.73. The molecular formula is C15H23Cl2NSiTi. The van der Waals surface area contributed by atoms with Crippen molar-refractivity contribution in [2.75, 3.05) is 0 Å². The Morgan fingerprint density at radius 2 is 1.85 bits per heavy atom. The molecule has 0 saturated heterocycles. The van der Waals surface area contributed by atoms with E-state index in [0.29, 0.717) is 0 Å². The average molecular weight is 364 g/mol. The summed E-state index contributed by atoms with van der Waals surface area (Å²) in [5.74, 6) is 0. The van der Waals surface area contributed by atoms with Crippen LogP contribution in [0.2, 0.25) is 13.1 Å². The van der Waals surface area contributed by atoms with Gasteiger partial charge >= 0.3 is 122 Å². The van der Waals surface area contributed by atoms with Gasteiger partial charge in [-0.05, 0) is 0 Å². The van der Waals surface area contributed by atoms with Crippen LogP contribution >= 0.6 is 0 Å². The van der Waals surface area contributed by atoms with E-state index in [1.807, 2.05) is 0 Å². The molecule has 0 aliphatic heterocycles. The maximum absolute atomic E-state index is 3.51. The number of H-pyrrole nitrogens is 1. The zero-order valence-corrected chi connectivity index (χ0v) is 17.1. The number of halogens is 2. The van der Waals surface area contributed by atoms with Crippen molar-refractivity contribution in [1.82, 2.24) is 4.98 Å². The molecule has 0 spiro atoms. The Bertz CT molecular complexity index is 498. The van der Waals surface area contributed by atoms with Crippen LogP contribution in [0.3, 0.4) is 0 Å². The second-order valence-electron chi connectivity index (χ2n) is 6.34. The van der Waals surface area contributed by atoms with Gasteiger partial charge in [-0.2, -0.15) is 0 Å². The molecule has 1 aromatic heterocycles. The van der Waals surface area contributed by atoms with Crippen LogP contribution in [0.15, 0.2) is 33.5 Å². The summed E-state index contributed by atoms with van der Waals surface area (Å²) >= 11 is -0.155. The van der Waals surface area contributed by atoms with E-state index >= 15 is 0 Å². The normalized spacial score (nSPS) is 14.1. The second-order valence-corrected chi connectivity index (χ2v) is 11.4. The minimum atomic E-state index is -0.650. The van der Waals surface area contributed by atoms with E-state index in [2.05, 4.69) is 63.3 Å². The molecule has 1 nitrogen and oxygen atoms in total. The molecule has 0 atom stereocenters. The summed E-state index contributed by atoms with van der Waals surface area (Å²) in [7, 11) is -0.650. The van der Waals surface area contributed by atoms with Gasteiger partial charge in [-0.15, -0.1) is 0 Å². The number of hydrogen-bond donors (Lipinski definition) is 1. The molecule has 0 saturated carbocycles. The number of rotatable bonds is 3. The quantitative estimate of drug-likeness (QED) is 0.561. The summed E-state index contributed by atoms with van der Waals surface area (Å²) in [4.78, 5) is 3.51. The van der Waals surface area contributed by atoms with Crippen molar-refractivity contribution < 1.29 is 44.0 Å². The van der Waals surface area contributed by atoms with Crippen LogP contribution in [0.25, 0.3) is 0 Å². The number of nitrogens with one attached hydrogen (secondary N) is 1. The van der Waals surface area contributed by atoms with Crippen molar-refractivity contribution in [2.45, 2.75) is 45.7 Å². The first kappa shape index (κ1) is 20.3. The van der Waals surface area contributed by atoms with Crippen LogP contribution in [0, 0.1) is 0 Å². The third kappa shape index (κ3) is 4.64. The molecule has 5 heteroatoms. The van der Waals surface area contributed by atoms with Gasteiger partial charge in [0.2, 0.25) is 0 Å². The minimum Gasteiger partial charge on any atom is -1.00 e. The van der Waals surface area contributed by atoms with Crippen molar-refractivity contribution in [2.24, 2.45) is 0 Å². The molecule has 1 aliphatic rings. The third-order valence-corrected chi connectivity index (χ3v) is 7.93. The molecule has 1 N–H and O–H groups in total. The molecule has 0 amide bonds. The fourth-order valence-electron chi connectivity index (χ4n) is 2.44. The first-order valence-electron chi connectivity index (χ1n) is 6.74. The van der Waals surface area contributed by atoms with E-state index in [9.17, 15) is 0 Å². The topological polar surface area (TPSA) is 15.8 Å². The Morgan fingerprint density at radius 3 is 2.40 bits per heavy atom. The maximum Gasteiger partial charge on any atom is -1.00 e. The monoisotopic (exact) mass is 363 g/mol. The third-order valence-electron chi connectivity index (χ3n) is 3.42. The van der Waals surface area contributed by atoms with E-state index in [1.165, 1.54) is 16.0 Å². The molecule has 2 rings (SSSR count). The van der Waals surface area contributed by atoms with Gasteiger partial charge in [0.25, 0.3) is 0 Å². The molecule has 0 bridgehead atoms. The van der Waals surface area contributed by atoms with Crippen molar-refractivity contribution in [3.63, 3.8) is 0 Å². The number of hydrogen-bond acceptors (Lipinski definition) is 0. The molecule has 20 heavy (non-hydrogen) atoms. The second kappa shape index (κ2) is 8.05. The SMILES string of the molecule is C[SiH](C)C1=[C]([Ti+2][c]2[nH]ccc2C(C)(C)C)CC=C1.[Cl-].[Cl-]. The number of aromatic nitrogens is 1. The predicted molar refractivity (Wildman–Crippen MR) is 78.8 cm³/mol. The summed E-state index contributed by atoms with van der Waals surface area (Å²) in [5.41, 5.74) is 1.78. The van der Waals surface area contributed by atoms with Crippen LogP contribution in [-0.2, 0) is 24.6 Å². The summed E-state index contributed by atoms with van der Waals surface area (Å²) in [6, 6.07) is 2.27. The van der Waals surface area contributed by atoms with Crippen LogP contribution in [0.4, 0.5) is 0 Å². The molecule has 0 unspecified atom stereocenters. The van der Waals surface area contributed by atoms with Crippen LogP contribution in [0.1, 0.15) is 32.8 Å².